The lowest BCUT2D eigenvalue weighted by molar-refractivity contribution is 0.414. The first-order valence-electron chi connectivity index (χ1n) is 14.1. The van der Waals surface area contributed by atoms with Gasteiger partial charge in [0.05, 0.1) is 24.6 Å². The number of hydrogen-bond donors (Lipinski definition) is 0. The standard InChI is InChI=1S/C33H24FN9O2/c1-41-18-37-39-32(41)26-13-23(34)7-10-25(26)21-11-27(20-5-6-20)38-29(12-21)42-17-22(14-35)30-28(15-36)40-43(31(30)33(42)44)16-19-3-8-24(45-2)9-4-19/h3-4,7-13,17-18,20H,5-6,16H2,1-2H3. The number of nitrogens with zero attached hydrogens (tertiary/aromatic N) is 9. The zero-order valence-corrected chi connectivity index (χ0v) is 24.3. The fraction of sp³-hybridized carbons (Fsp3) is 0.182. The van der Waals surface area contributed by atoms with Gasteiger partial charge < -0.3 is 9.30 Å². The highest BCUT2D eigenvalue weighted by Gasteiger charge is 2.28. The van der Waals surface area contributed by atoms with Crippen LogP contribution in [0.15, 0.2) is 71.9 Å². The molecule has 12 heteroatoms. The maximum Gasteiger partial charge on any atom is 0.282 e. The number of fused-ring (bicyclic) bond motifs is 1. The van der Waals surface area contributed by atoms with Gasteiger partial charge >= 0.3 is 0 Å². The minimum absolute atomic E-state index is 0.0145. The van der Waals surface area contributed by atoms with E-state index in [9.17, 15) is 19.7 Å². The van der Waals surface area contributed by atoms with Gasteiger partial charge in [0.2, 0.25) is 0 Å². The highest BCUT2D eigenvalue weighted by molar-refractivity contribution is 5.89. The second-order valence-electron chi connectivity index (χ2n) is 10.9. The highest BCUT2D eigenvalue weighted by Crippen LogP contribution is 2.42. The Labute approximate surface area is 256 Å². The van der Waals surface area contributed by atoms with Crippen molar-refractivity contribution in [3.63, 3.8) is 0 Å². The smallest absolute Gasteiger partial charge is 0.282 e. The second-order valence-corrected chi connectivity index (χ2v) is 10.9. The second kappa shape index (κ2) is 10.8. The van der Waals surface area contributed by atoms with Gasteiger partial charge in [-0.1, -0.05) is 18.2 Å². The number of benzene rings is 2. The largest absolute Gasteiger partial charge is 0.497 e. The molecule has 6 aromatic rings. The Bertz CT molecular complexity index is 2270. The molecule has 0 radical (unpaired) electrons. The third-order valence-corrected chi connectivity index (χ3v) is 7.94. The molecule has 2 aromatic carbocycles. The summed E-state index contributed by atoms with van der Waals surface area (Å²) < 4.78 is 24.2. The van der Waals surface area contributed by atoms with E-state index in [2.05, 4.69) is 21.4 Å². The number of halogens is 1. The van der Waals surface area contributed by atoms with E-state index in [1.165, 1.54) is 27.6 Å². The molecule has 0 N–H and O–H groups in total. The molecule has 1 fully saturated rings. The summed E-state index contributed by atoms with van der Waals surface area (Å²) in [5.74, 6) is 1.24. The fourth-order valence-corrected chi connectivity index (χ4v) is 5.54. The quantitative estimate of drug-likeness (QED) is 0.254. The predicted octanol–water partition coefficient (Wildman–Crippen LogP) is 4.86. The summed E-state index contributed by atoms with van der Waals surface area (Å²) in [6.07, 6.45) is 4.85. The van der Waals surface area contributed by atoms with Crippen molar-refractivity contribution in [2.45, 2.75) is 25.3 Å². The number of pyridine rings is 2. The zero-order chi connectivity index (χ0) is 31.2. The Morgan fingerprint density at radius 2 is 1.84 bits per heavy atom. The van der Waals surface area contributed by atoms with Crippen LogP contribution < -0.4 is 10.3 Å². The molecule has 1 aliphatic carbocycles. The summed E-state index contributed by atoms with van der Waals surface area (Å²) in [6, 6.07) is 19.6. The number of hydrogen-bond acceptors (Lipinski definition) is 8. The van der Waals surface area contributed by atoms with Gasteiger partial charge in [0.1, 0.15) is 41.4 Å². The summed E-state index contributed by atoms with van der Waals surface area (Å²) in [4.78, 5) is 19.1. The van der Waals surface area contributed by atoms with Gasteiger partial charge in [-0.05, 0) is 65.9 Å². The number of nitriles is 2. The number of rotatable bonds is 7. The van der Waals surface area contributed by atoms with Crippen LogP contribution in [0.5, 0.6) is 5.75 Å². The Balaban J connectivity index is 1.44. The molecule has 0 bridgehead atoms. The predicted molar refractivity (Wildman–Crippen MR) is 162 cm³/mol. The summed E-state index contributed by atoms with van der Waals surface area (Å²) in [5, 5.41) is 32.8. The number of methoxy groups -OCH3 is 1. The van der Waals surface area contributed by atoms with Crippen molar-refractivity contribution in [1.29, 1.82) is 10.5 Å². The first kappa shape index (κ1) is 27.7. The molecule has 7 rings (SSSR count). The van der Waals surface area contributed by atoms with Gasteiger partial charge in [-0.3, -0.25) is 14.0 Å². The monoisotopic (exact) mass is 597 g/mol. The fourth-order valence-electron chi connectivity index (χ4n) is 5.54. The molecule has 4 heterocycles. The van der Waals surface area contributed by atoms with Crippen molar-refractivity contribution >= 4 is 10.9 Å². The van der Waals surface area contributed by atoms with Gasteiger partial charge in [-0.25, -0.2) is 9.37 Å². The Hall–Kier alpha value is -6.14. The maximum absolute atomic E-state index is 14.5. The molecule has 0 amide bonds. The van der Waals surface area contributed by atoms with Crippen LogP contribution in [0.3, 0.4) is 0 Å². The molecule has 1 aliphatic rings. The molecule has 0 atom stereocenters. The molecule has 0 saturated heterocycles. The average Bonchev–Trinajstić information content (AvgIpc) is 3.72. The summed E-state index contributed by atoms with van der Waals surface area (Å²) in [6.45, 7) is 0.184. The van der Waals surface area contributed by atoms with E-state index in [0.717, 1.165) is 24.1 Å². The molecule has 0 unspecified atom stereocenters. The van der Waals surface area contributed by atoms with E-state index in [0.29, 0.717) is 34.1 Å². The number of aromatic nitrogens is 7. The maximum atomic E-state index is 14.5. The number of aryl methyl sites for hydroxylation is 1. The average molecular weight is 598 g/mol. The van der Waals surface area contributed by atoms with E-state index in [4.69, 9.17) is 9.72 Å². The lowest BCUT2D eigenvalue weighted by Crippen LogP contribution is -2.23. The molecular formula is C33H24FN9O2. The Kier molecular flexibility index (Phi) is 6.67. The van der Waals surface area contributed by atoms with Crippen molar-refractivity contribution < 1.29 is 9.13 Å². The van der Waals surface area contributed by atoms with Gasteiger partial charge in [-0.15, -0.1) is 10.2 Å². The van der Waals surface area contributed by atoms with Crippen LogP contribution in [-0.2, 0) is 13.6 Å². The van der Waals surface area contributed by atoms with Crippen molar-refractivity contribution in [2.24, 2.45) is 7.05 Å². The molecule has 4 aromatic heterocycles. The van der Waals surface area contributed by atoms with Crippen LogP contribution >= 0.6 is 0 Å². The first-order chi connectivity index (χ1) is 21.9. The highest BCUT2D eigenvalue weighted by atomic mass is 19.1. The lowest BCUT2D eigenvalue weighted by Gasteiger charge is -2.14. The van der Waals surface area contributed by atoms with E-state index in [1.54, 1.807) is 49.3 Å². The third-order valence-electron chi connectivity index (χ3n) is 7.94. The Morgan fingerprint density at radius 3 is 2.51 bits per heavy atom. The van der Waals surface area contributed by atoms with Crippen molar-refractivity contribution in [3.05, 3.63) is 106 Å². The normalized spacial score (nSPS) is 12.6. The van der Waals surface area contributed by atoms with Crippen LogP contribution in [0.4, 0.5) is 4.39 Å². The first-order valence-corrected chi connectivity index (χ1v) is 14.1. The van der Waals surface area contributed by atoms with Crippen molar-refractivity contribution in [1.82, 2.24) is 34.1 Å². The van der Waals surface area contributed by atoms with Gasteiger partial charge in [0.15, 0.2) is 11.5 Å². The molecule has 0 aliphatic heterocycles. The van der Waals surface area contributed by atoms with E-state index < -0.39 is 11.4 Å². The molecule has 0 spiro atoms. The zero-order valence-electron chi connectivity index (χ0n) is 24.3. The van der Waals surface area contributed by atoms with Crippen molar-refractivity contribution in [3.8, 4) is 46.2 Å². The summed E-state index contributed by atoms with van der Waals surface area (Å²) in [7, 11) is 3.35. The van der Waals surface area contributed by atoms with Crippen molar-refractivity contribution in [2.75, 3.05) is 7.11 Å². The molecular weight excluding hydrogens is 573 g/mol. The summed E-state index contributed by atoms with van der Waals surface area (Å²) in [5.41, 5.74) is 3.26. The summed E-state index contributed by atoms with van der Waals surface area (Å²) >= 11 is 0. The van der Waals surface area contributed by atoms with Gasteiger partial charge in [0.25, 0.3) is 5.56 Å². The van der Waals surface area contributed by atoms with E-state index in [-0.39, 0.29) is 34.6 Å². The van der Waals surface area contributed by atoms with Crippen LogP contribution in [0, 0.1) is 28.5 Å². The molecule has 45 heavy (non-hydrogen) atoms. The SMILES string of the molecule is COc1ccc(Cn2nc(C#N)c3c(C#N)cn(-c4cc(-c5ccc(F)cc5-c5nncn5C)cc(C5CC5)n4)c(=O)c32)cc1. The van der Waals surface area contributed by atoms with Crippen LogP contribution in [0.2, 0.25) is 0 Å². The Morgan fingerprint density at radius 1 is 1.04 bits per heavy atom. The van der Waals surface area contributed by atoms with E-state index >= 15 is 0 Å². The minimum atomic E-state index is -0.481. The third kappa shape index (κ3) is 4.88. The van der Waals surface area contributed by atoms with E-state index in [1.807, 2.05) is 24.3 Å². The van der Waals surface area contributed by atoms with Crippen LogP contribution in [0.1, 0.15) is 41.3 Å². The van der Waals surface area contributed by atoms with Crippen LogP contribution in [-0.4, -0.2) is 41.2 Å². The van der Waals surface area contributed by atoms with Gasteiger partial charge in [0, 0.05) is 30.4 Å². The topological polar surface area (TPSA) is 140 Å². The van der Waals surface area contributed by atoms with Crippen LogP contribution in [0.25, 0.3) is 39.2 Å². The molecule has 220 valence electrons. The minimum Gasteiger partial charge on any atom is -0.497 e. The molecule has 11 nitrogen and oxygen atoms in total. The molecule has 1 saturated carbocycles. The number of ether oxygens (including phenoxy) is 1. The lowest BCUT2D eigenvalue weighted by atomic mass is 9.98. The van der Waals surface area contributed by atoms with Gasteiger partial charge in [-0.2, -0.15) is 15.6 Å².